The van der Waals surface area contributed by atoms with Gasteiger partial charge in [0.25, 0.3) is 11.8 Å². The number of rotatable bonds is 5. The number of aromatic nitrogens is 1. The number of nitrogens with one attached hydrogen (secondary N) is 2. The van der Waals surface area contributed by atoms with Crippen LogP contribution in [0.1, 0.15) is 66.8 Å². The molecule has 1 aliphatic rings. The number of benzene rings is 1. The fraction of sp³-hybridized carbons (Fsp3) is 0.435. The molecule has 6 nitrogen and oxygen atoms in total. The third-order valence-corrected chi connectivity index (χ3v) is 5.62. The van der Waals surface area contributed by atoms with Crippen molar-refractivity contribution in [2.24, 2.45) is 5.41 Å². The molecule has 0 bridgehead atoms. The van der Waals surface area contributed by atoms with Crippen LogP contribution in [-0.4, -0.2) is 23.9 Å². The van der Waals surface area contributed by atoms with Crippen LogP contribution < -0.4 is 15.4 Å². The third kappa shape index (κ3) is 4.78. The summed E-state index contributed by atoms with van der Waals surface area (Å²) in [4.78, 5) is 24.8. The normalized spacial score (nSPS) is 14.9. The quantitative estimate of drug-likeness (QED) is 0.581. The standard InChI is InChI=1S/C23H28FN3O3/c1-13-18(10-16(11-19(13)24)22(29)26-17-7-8-17)20-9-6-15(12-27(20)30)21(28)25-14(2)23(3,4)5/h6,9-12,14,17H,7-8H2,1-5H3,(H,25,28)(H,26,29)/t14-/m1/s1. The summed E-state index contributed by atoms with van der Waals surface area (Å²) >= 11 is 0. The van der Waals surface area contributed by atoms with E-state index in [1.54, 1.807) is 6.92 Å². The van der Waals surface area contributed by atoms with Gasteiger partial charge in [-0.05, 0) is 55.9 Å². The van der Waals surface area contributed by atoms with Crippen molar-refractivity contribution in [1.82, 2.24) is 10.6 Å². The number of nitrogens with zero attached hydrogens (tertiary/aromatic N) is 1. The van der Waals surface area contributed by atoms with E-state index in [-0.39, 0.29) is 51.7 Å². The van der Waals surface area contributed by atoms with Crippen LogP contribution in [0, 0.1) is 23.4 Å². The fourth-order valence-corrected chi connectivity index (χ4v) is 2.89. The molecule has 1 aromatic heterocycles. The Hall–Kier alpha value is -2.96. The Bertz CT molecular complexity index is 994. The Labute approximate surface area is 176 Å². The van der Waals surface area contributed by atoms with E-state index in [0.29, 0.717) is 10.3 Å². The highest BCUT2D eigenvalue weighted by Gasteiger charge is 2.26. The summed E-state index contributed by atoms with van der Waals surface area (Å²) in [6.45, 7) is 9.50. The molecule has 1 aliphatic carbocycles. The van der Waals surface area contributed by atoms with Crippen LogP contribution in [0.3, 0.4) is 0 Å². The Balaban J connectivity index is 1.90. The lowest BCUT2D eigenvalue weighted by atomic mass is 9.88. The Kier molecular flexibility index (Phi) is 5.83. The van der Waals surface area contributed by atoms with Gasteiger partial charge in [-0.3, -0.25) is 9.59 Å². The minimum atomic E-state index is -0.561. The number of hydrogen-bond acceptors (Lipinski definition) is 3. The lowest BCUT2D eigenvalue weighted by molar-refractivity contribution is -0.593. The molecule has 7 heteroatoms. The van der Waals surface area contributed by atoms with E-state index >= 15 is 0 Å². The summed E-state index contributed by atoms with van der Waals surface area (Å²) < 4.78 is 15.0. The summed E-state index contributed by atoms with van der Waals surface area (Å²) in [7, 11) is 0. The van der Waals surface area contributed by atoms with Crippen molar-refractivity contribution in [2.45, 2.75) is 59.5 Å². The lowest BCUT2D eigenvalue weighted by Crippen LogP contribution is -2.42. The molecule has 3 rings (SSSR count). The Morgan fingerprint density at radius 1 is 1.17 bits per heavy atom. The largest absolute Gasteiger partial charge is 0.618 e. The van der Waals surface area contributed by atoms with E-state index in [1.807, 2.05) is 27.7 Å². The first-order valence-corrected chi connectivity index (χ1v) is 10.1. The Morgan fingerprint density at radius 2 is 1.83 bits per heavy atom. The summed E-state index contributed by atoms with van der Waals surface area (Å²) in [6, 6.07) is 5.75. The number of amides is 2. The second kappa shape index (κ2) is 8.05. The monoisotopic (exact) mass is 413 g/mol. The van der Waals surface area contributed by atoms with Crippen LogP contribution >= 0.6 is 0 Å². The molecule has 1 atom stereocenters. The van der Waals surface area contributed by atoms with Gasteiger partial charge in [-0.2, -0.15) is 4.73 Å². The highest BCUT2D eigenvalue weighted by molar-refractivity contribution is 5.96. The van der Waals surface area contributed by atoms with Crippen molar-refractivity contribution in [3.63, 3.8) is 0 Å². The van der Waals surface area contributed by atoms with Crippen molar-refractivity contribution in [3.05, 3.63) is 58.2 Å². The molecule has 30 heavy (non-hydrogen) atoms. The van der Waals surface area contributed by atoms with Gasteiger partial charge in [0.05, 0.1) is 5.56 Å². The summed E-state index contributed by atoms with van der Waals surface area (Å²) in [5.74, 6) is -1.27. The van der Waals surface area contributed by atoms with Gasteiger partial charge >= 0.3 is 0 Å². The maximum Gasteiger partial charge on any atom is 0.257 e. The van der Waals surface area contributed by atoms with Crippen LogP contribution in [0.5, 0.6) is 0 Å². The second-order valence-corrected chi connectivity index (χ2v) is 9.07. The van der Waals surface area contributed by atoms with Crippen molar-refractivity contribution in [1.29, 1.82) is 0 Å². The lowest BCUT2D eigenvalue weighted by Gasteiger charge is -2.27. The number of halogens is 1. The van der Waals surface area contributed by atoms with Crippen molar-refractivity contribution < 1.29 is 18.7 Å². The van der Waals surface area contributed by atoms with Crippen LogP contribution in [0.25, 0.3) is 11.3 Å². The highest BCUT2D eigenvalue weighted by Crippen LogP contribution is 2.26. The van der Waals surface area contributed by atoms with E-state index < -0.39 is 5.82 Å². The molecule has 0 saturated heterocycles. The molecule has 0 spiro atoms. The average molecular weight is 413 g/mol. The molecule has 2 N–H and O–H groups in total. The summed E-state index contributed by atoms with van der Waals surface area (Å²) in [5, 5.41) is 18.4. The van der Waals surface area contributed by atoms with Crippen LogP contribution in [0.4, 0.5) is 4.39 Å². The Morgan fingerprint density at radius 3 is 2.40 bits per heavy atom. The first-order chi connectivity index (χ1) is 14.0. The van der Waals surface area contributed by atoms with E-state index in [2.05, 4.69) is 10.6 Å². The van der Waals surface area contributed by atoms with Crippen molar-refractivity contribution in [3.8, 4) is 11.3 Å². The number of pyridine rings is 1. The zero-order valence-electron chi connectivity index (χ0n) is 18.0. The fourth-order valence-electron chi connectivity index (χ4n) is 2.89. The molecule has 2 aromatic rings. The summed E-state index contributed by atoms with van der Waals surface area (Å²) in [6.07, 6.45) is 3.02. The minimum absolute atomic E-state index is 0.0946. The number of carbonyl (C=O) groups is 2. The predicted octanol–water partition coefficient (Wildman–Crippen LogP) is 3.49. The minimum Gasteiger partial charge on any atom is -0.618 e. The molecular formula is C23H28FN3O3. The average Bonchev–Trinajstić information content (AvgIpc) is 3.47. The van der Waals surface area contributed by atoms with Crippen LogP contribution in [0.15, 0.2) is 30.5 Å². The SMILES string of the molecule is Cc1c(F)cc(C(=O)NC2CC2)cc1-c1ccc(C(=O)N[C@H](C)C(C)(C)C)c[n+]1[O-]. The topological polar surface area (TPSA) is 85.1 Å². The van der Waals surface area contributed by atoms with E-state index in [1.165, 1.54) is 30.5 Å². The van der Waals surface area contributed by atoms with Crippen molar-refractivity contribution in [2.75, 3.05) is 0 Å². The van der Waals surface area contributed by atoms with Gasteiger partial charge in [-0.1, -0.05) is 20.8 Å². The molecule has 2 amide bonds. The maximum absolute atomic E-state index is 14.5. The molecule has 0 radical (unpaired) electrons. The molecule has 160 valence electrons. The molecule has 1 fully saturated rings. The second-order valence-electron chi connectivity index (χ2n) is 9.07. The first kappa shape index (κ1) is 21.7. The van der Waals surface area contributed by atoms with Gasteiger partial charge in [0, 0.05) is 23.7 Å². The molecule has 1 heterocycles. The van der Waals surface area contributed by atoms with Crippen LogP contribution in [0.2, 0.25) is 0 Å². The molecular weight excluding hydrogens is 385 g/mol. The number of hydrogen-bond donors (Lipinski definition) is 2. The zero-order valence-corrected chi connectivity index (χ0v) is 18.0. The molecule has 0 unspecified atom stereocenters. The molecule has 1 aromatic carbocycles. The van der Waals surface area contributed by atoms with Gasteiger partial charge < -0.3 is 15.8 Å². The smallest absolute Gasteiger partial charge is 0.257 e. The van der Waals surface area contributed by atoms with E-state index in [9.17, 15) is 19.2 Å². The van der Waals surface area contributed by atoms with Gasteiger partial charge in [0.2, 0.25) is 5.69 Å². The maximum atomic E-state index is 14.5. The molecule has 1 saturated carbocycles. The van der Waals surface area contributed by atoms with Gasteiger partial charge in [-0.25, -0.2) is 4.39 Å². The molecule has 0 aliphatic heterocycles. The van der Waals surface area contributed by atoms with Gasteiger partial charge in [0.15, 0.2) is 6.20 Å². The first-order valence-electron chi connectivity index (χ1n) is 10.1. The van der Waals surface area contributed by atoms with Crippen molar-refractivity contribution >= 4 is 11.8 Å². The van der Waals surface area contributed by atoms with Gasteiger partial charge in [-0.15, -0.1) is 0 Å². The predicted molar refractivity (Wildman–Crippen MR) is 112 cm³/mol. The van der Waals surface area contributed by atoms with Gasteiger partial charge in [0.1, 0.15) is 11.4 Å². The highest BCUT2D eigenvalue weighted by atomic mass is 19.1. The summed E-state index contributed by atoms with van der Waals surface area (Å²) in [5.41, 5.74) is 1.01. The van der Waals surface area contributed by atoms with E-state index in [0.717, 1.165) is 12.8 Å². The van der Waals surface area contributed by atoms with E-state index in [4.69, 9.17) is 0 Å². The zero-order chi connectivity index (χ0) is 22.2. The third-order valence-electron chi connectivity index (χ3n) is 5.62. The van der Waals surface area contributed by atoms with Crippen LogP contribution in [-0.2, 0) is 0 Å². The number of carbonyl (C=O) groups excluding carboxylic acids is 2.